The largest absolute Gasteiger partial charge is 0.368 e. The first-order valence-corrected chi connectivity index (χ1v) is 6.73. The minimum atomic E-state index is -0.265. The second-order valence-corrected chi connectivity index (χ2v) is 5.23. The number of carbonyl (C=O) groups excluding carboxylic acids is 1. The van der Waals surface area contributed by atoms with Crippen LogP contribution in [0.4, 0.5) is 0 Å². The molecule has 3 rings (SSSR count). The van der Waals surface area contributed by atoms with Gasteiger partial charge >= 0.3 is 0 Å². The molecule has 0 aromatic heterocycles. The molecule has 0 aromatic carbocycles. The second-order valence-electron chi connectivity index (χ2n) is 5.23. The number of primary amides is 1. The normalized spacial score (nSPS) is 22.7. The molecular weight excluding hydrogens is 242 g/mol. The van der Waals surface area contributed by atoms with E-state index in [0.29, 0.717) is 0 Å². The molecule has 0 bridgehead atoms. The van der Waals surface area contributed by atoms with Crippen LogP contribution in [0.1, 0.15) is 37.9 Å². The maximum Gasteiger partial charge on any atom is 0.234 e. The fraction of sp³-hybridized carbons (Fsp3) is 0.538. The number of nitrogens with one attached hydrogen (secondary N) is 2. The van der Waals surface area contributed by atoms with Gasteiger partial charge in [-0.1, -0.05) is 6.42 Å². The van der Waals surface area contributed by atoms with Crippen molar-refractivity contribution in [1.29, 1.82) is 0 Å². The number of aromatic amines is 2. The molecular formula is C13H19N5O. The van der Waals surface area contributed by atoms with Gasteiger partial charge in [0.05, 0.1) is 29.7 Å². The fourth-order valence-electron chi connectivity index (χ4n) is 3.00. The van der Waals surface area contributed by atoms with Gasteiger partial charge in [-0.2, -0.15) is 0 Å². The van der Waals surface area contributed by atoms with Crippen LogP contribution in [-0.2, 0) is 4.79 Å². The van der Waals surface area contributed by atoms with Crippen LogP contribution in [0.3, 0.4) is 0 Å². The maximum atomic E-state index is 11.5. The monoisotopic (exact) mass is 261 g/mol. The molecule has 0 saturated carbocycles. The number of amides is 1. The number of H-pyrrole nitrogens is 2. The van der Waals surface area contributed by atoms with Gasteiger partial charge < -0.3 is 10.8 Å². The zero-order valence-electron chi connectivity index (χ0n) is 11.0. The van der Waals surface area contributed by atoms with Crippen LogP contribution in [0.25, 0.3) is 11.3 Å². The van der Waals surface area contributed by atoms with Crippen molar-refractivity contribution < 1.29 is 4.79 Å². The summed E-state index contributed by atoms with van der Waals surface area (Å²) in [6.45, 7) is 2.79. The summed E-state index contributed by atoms with van der Waals surface area (Å²) in [6.07, 6.45) is 6.98. The summed E-state index contributed by atoms with van der Waals surface area (Å²) in [4.78, 5) is 17.8. The molecule has 3 aliphatic heterocycles. The molecule has 0 aromatic rings. The smallest absolute Gasteiger partial charge is 0.234 e. The molecule has 1 fully saturated rings. The van der Waals surface area contributed by atoms with E-state index in [1.54, 1.807) is 6.20 Å². The molecule has 19 heavy (non-hydrogen) atoms. The first kappa shape index (κ1) is 12.2. The molecule has 3 heterocycles. The van der Waals surface area contributed by atoms with E-state index in [0.717, 1.165) is 36.3 Å². The van der Waals surface area contributed by atoms with Gasteiger partial charge in [-0.25, -0.2) is 0 Å². The van der Waals surface area contributed by atoms with Crippen LogP contribution < -0.4 is 5.73 Å². The average Bonchev–Trinajstić information content (AvgIpc) is 3.00. The van der Waals surface area contributed by atoms with Crippen molar-refractivity contribution in [1.82, 2.24) is 20.1 Å². The first-order chi connectivity index (χ1) is 9.18. The molecule has 0 aliphatic carbocycles. The van der Waals surface area contributed by atoms with E-state index in [4.69, 9.17) is 5.73 Å². The van der Waals surface area contributed by atoms with Gasteiger partial charge in [0.1, 0.15) is 0 Å². The van der Waals surface area contributed by atoms with Crippen molar-refractivity contribution in [2.24, 2.45) is 5.73 Å². The molecule has 6 heteroatoms. The summed E-state index contributed by atoms with van der Waals surface area (Å²) in [5, 5.41) is 6.35. The summed E-state index contributed by atoms with van der Waals surface area (Å²) in [5.41, 5.74) is 8.69. The van der Waals surface area contributed by atoms with Crippen molar-refractivity contribution >= 4 is 5.91 Å². The van der Waals surface area contributed by atoms with Gasteiger partial charge in [-0.05, 0) is 26.3 Å². The lowest BCUT2D eigenvalue weighted by molar-refractivity contribution is -0.124. The zero-order valence-corrected chi connectivity index (χ0v) is 11.0. The van der Waals surface area contributed by atoms with E-state index in [1.807, 2.05) is 13.1 Å². The van der Waals surface area contributed by atoms with Crippen LogP contribution in [-0.4, -0.2) is 38.6 Å². The summed E-state index contributed by atoms with van der Waals surface area (Å²) >= 11 is 0. The number of rotatable bonds is 3. The Kier molecular flexibility index (Phi) is 3.02. The highest BCUT2D eigenvalue weighted by atomic mass is 16.1. The molecule has 2 unspecified atom stereocenters. The SMILES string of the molecule is CC(C(N)=O)N1CCCCC1c1[nH][nH]c2cncc1-2. The molecule has 0 spiro atoms. The Bertz CT molecular complexity index is 545. The predicted octanol–water partition coefficient (Wildman–Crippen LogP) is 1.24. The maximum absolute atomic E-state index is 11.5. The molecule has 4 N–H and O–H groups in total. The Hall–Kier alpha value is -1.82. The quantitative estimate of drug-likeness (QED) is 0.776. The minimum absolute atomic E-state index is 0.203. The van der Waals surface area contributed by atoms with E-state index >= 15 is 0 Å². The van der Waals surface area contributed by atoms with Gasteiger partial charge in [-0.15, -0.1) is 0 Å². The molecule has 1 saturated heterocycles. The number of piperidine rings is 1. The molecule has 102 valence electrons. The second kappa shape index (κ2) is 4.70. The Labute approximate surface area is 111 Å². The average molecular weight is 261 g/mol. The number of fused-ring (bicyclic) bond motifs is 1. The van der Waals surface area contributed by atoms with Gasteiger partial charge in [-0.3, -0.25) is 19.8 Å². The molecule has 0 radical (unpaired) electrons. The van der Waals surface area contributed by atoms with E-state index in [9.17, 15) is 4.79 Å². The molecule has 3 aliphatic rings. The third-order valence-electron chi connectivity index (χ3n) is 4.11. The van der Waals surface area contributed by atoms with Crippen molar-refractivity contribution in [3.63, 3.8) is 0 Å². The predicted molar refractivity (Wildman–Crippen MR) is 71.5 cm³/mol. The van der Waals surface area contributed by atoms with Gasteiger partial charge in [0.2, 0.25) is 5.91 Å². The van der Waals surface area contributed by atoms with Gasteiger partial charge in [0.25, 0.3) is 0 Å². The van der Waals surface area contributed by atoms with Crippen molar-refractivity contribution in [3.8, 4) is 11.3 Å². The van der Waals surface area contributed by atoms with Crippen molar-refractivity contribution in [3.05, 3.63) is 18.1 Å². The highest BCUT2D eigenvalue weighted by Crippen LogP contribution is 2.37. The lowest BCUT2D eigenvalue weighted by Crippen LogP contribution is -2.46. The Balaban J connectivity index is 1.93. The number of aromatic nitrogens is 3. The Morgan fingerprint density at radius 3 is 3.11 bits per heavy atom. The highest BCUT2D eigenvalue weighted by molar-refractivity contribution is 5.79. The fourth-order valence-corrected chi connectivity index (χ4v) is 3.00. The Morgan fingerprint density at radius 2 is 2.32 bits per heavy atom. The third-order valence-corrected chi connectivity index (χ3v) is 4.11. The van der Waals surface area contributed by atoms with Crippen molar-refractivity contribution in [2.45, 2.75) is 38.3 Å². The van der Waals surface area contributed by atoms with Crippen molar-refractivity contribution in [2.75, 3.05) is 6.54 Å². The van der Waals surface area contributed by atoms with E-state index in [1.165, 1.54) is 6.42 Å². The number of hydrogen-bond acceptors (Lipinski definition) is 3. The number of nitrogens with two attached hydrogens (primary N) is 1. The molecule has 2 atom stereocenters. The van der Waals surface area contributed by atoms with E-state index < -0.39 is 0 Å². The number of hydrogen-bond donors (Lipinski definition) is 3. The van der Waals surface area contributed by atoms with Crippen LogP contribution in [0, 0.1) is 0 Å². The van der Waals surface area contributed by atoms with Gasteiger partial charge in [0.15, 0.2) is 0 Å². The van der Waals surface area contributed by atoms with Crippen LogP contribution in [0.5, 0.6) is 0 Å². The first-order valence-electron chi connectivity index (χ1n) is 6.73. The number of carbonyl (C=O) groups is 1. The van der Waals surface area contributed by atoms with Gasteiger partial charge in [0, 0.05) is 11.8 Å². The lowest BCUT2D eigenvalue weighted by Gasteiger charge is -2.38. The molecule has 1 amide bonds. The lowest BCUT2D eigenvalue weighted by atomic mass is 9.95. The Morgan fingerprint density at radius 1 is 1.47 bits per heavy atom. The van der Waals surface area contributed by atoms with E-state index in [2.05, 4.69) is 20.1 Å². The molecule has 6 nitrogen and oxygen atoms in total. The summed E-state index contributed by atoms with van der Waals surface area (Å²) < 4.78 is 0. The zero-order chi connectivity index (χ0) is 13.4. The van der Waals surface area contributed by atoms with Crippen LogP contribution in [0.2, 0.25) is 0 Å². The number of nitrogens with zero attached hydrogens (tertiary/aromatic N) is 2. The highest BCUT2D eigenvalue weighted by Gasteiger charge is 2.33. The topological polar surface area (TPSA) is 90.8 Å². The number of likely N-dealkylation sites (tertiary alicyclic amines) is 1. The standard InChI is InChI=1S/C13H19N5O/c1-8(13(14)19)18-5-3-2-4-11(18)12-9-6-15-7-10(9)16-17-12/h6-8,11,16-17H,2-5H2,1H3,(H2,14,19). The minimum Gasteiger partial charge on any atom is -0.368 e. The van der Waals surface area contributed by atoms with E-state index in [-0.39, 0.29) is 18.0 Å². The summed E-state index contributed by atoms with van der Waals surface area (Å²) in [5.74, 6) is -0.265. The van der Waals surface area contributed by atoms with Crippen LogP contribution >= 0.6 is 0 Å². The summed E-state index contributed by atoms with van der Waals surface area (Å²) in [6, 6.07) is -0.0410. The third kappa shape index (κ3) is 2.02. The van der Waals surface area contributed by atoms with Crippen LogP contribution in [0.15, 0.2) is 12.4 Å². The summed E-state index contributed by atoms with van der Waals surface area (Å²) in [7, 11) is 0.